The first-order chi connectivity index (χ1) is 7.22. The van der Waals surface area contributed by atoms with Crippen molar-refractivity contribution in [3.63, 3.8) is 0 Å². The molecule has 1 amide bonds. The maximum atomic E-state index is 10.6. The fourth-order valence-corrected chi connectivity index (χ4v) is 1.12. The van der Waals surface area contributed by atoms with Gasteiger partial charge in [-0.15, -0.1) is 0 Å². The lowest BCUT2D eigenvalue weighted by molar-refractivity contribution is -0.183. The molecule has 1 aromatic rings. The van der Waals surface area contributed by atoms with Crippen LogP contribution in [0.4, 0.5) is 0 Å². The Hall–Kier alpha value is -1.39. The molecule has 1 N–H and O–H groups in total. The molecule has 1 rings (SSSR count). The third-order valence-corrected chi connectivity index (χ3v) is 1.80. The summed E-state index contributed by atoms with van der Waals surface area (Å²) in [5, 5.41) is 10.2. The maximum Gasteiger partial charge on any atom is 0.233 e. The smallest absolute Gasteiger partial charge is 0.233 e. The Balaban J connectivity index is 2.38. The topological polar surface area (TPSA) is 49.8 Å². The summed E-state index contributed by atoms with van der Waals surface area (Å²) in [6.45, 7) is 2.10. The highest BCUT2D eigenvalue weighted by atomic mass is 16.7. The molecule has 0 aliphatic heterocycles. The maximum absolute atomic E-state index is 10.6. The molecule has 0 fully saturated rings. The van der Waals surface area contributed by atoms with Gasteiger partial charge >= 0.3 is 0 Å². The zero-order valence-corrected chi connectivity index (χ0v) is 8.67. The van der Waals surface area contributed by atoms with Gasteiger partial charge < -0.3 is 5.11 Å². The van der Waals surface area contributed by atoms with E-state index in [1.165, 1.54) is 0 Å². The molecule has 4 heteroatoms. The van der Waals surface area contributed by atoms with Crippen LogP contribution in [-0.2, 0) is 16.2 Å². The van der Waals surface area contributed by atoms with Crippen molar-refractivity contribution >= 4 is 6.41 Å². The number of hydroxylamine groups is 2. The van der Waals surface area contributed by atoms with Gasteiger partial charge in [0, 0.05) is 0 Å². The van der Waals surface area contributed by atoms with Crippen LogP contribution in [-0.4, -0.2) is 29.2 Å². The second kappa shape index (κ2) is 6.16. The Morgan fingerprint density at radius 2 is 2.13 bits per heavy atom. The van der Waals surface area contributed by atoms with Gasteiger partial charge in [0.15, 0.2) is 0 Å². The van der Waals surface area contributed by atoms with E-state index < -0.39 is 6.10 Å². The summed E-state index contributed by atoms with van der Waals surface area (Å²) >= 11 is 0. The molecule has 0 saturated carbocycles. The largest absolute Gasteiger partial charge is 0.391 e. The van der Waals surface area contributed by atoms with Crippen LogP contribution in [0.25, 0.3) is 0 Å². The zero-order chi connectivity index (χ0) is 11.1. The molecule has 0 heterocycles. The van der Waals surface area contributed by atoms with Crippen LogP contribution in [0.5, 0.6) is 0 Å². The fraction of sp³-hybridized carbons (Fsp3) is 0.364. The number of aliphatic hydroxyl groups excluding tert-OH is 1. The quantitative estimate of drug-likeness (QED) is 0.560. The highest BCUT2D eigenvalue weighted by molar-refractivity contribution is 5.45. The van der Waals surface area contributed by atoms with Gasteiger partial charge in [-0.25, -0.2) is 5.06 Å². The van der Waals surface area contributed by atoms with Gasteiger partial charge in [-0.3, -0.25) is 9.63 Å². The van der Waals surface area contributed by atoms with Crippen molar-refractivity contribution in [1.29, 1.82) is 0 Å². The van der Waals surface area contributed by atoms with E-state index >= 15 is 0 Å². The highest BCUT2D eigenvalue weighted by Crippen LogP contribution is 2.02. The van der Waals surface area contributed by atoms with Gasteiger partial charge in [0.25, 0.3) is 0 Å². The van der Waals surface area contributed by atoms with E-state index in [-0.39, 0.29) is 6.54 Å². The SMILES string of the molecule is CC(O)CN(C=O)OCc1ccccc1. The second-order valence-electron chi connectivity index (χ2n) is 3.31. The van der Waals surface area contributed by atoms with Gasteiger partial charge in [-0.2, -0.15) is 0 Å². The number of rotatable bonds is 6. The fourth-order valence-electron chi connectivity index (χ4n) is 1.12. The molecular weight excluding hydrogens is 194 g/mol. The van der Waals surface area contributed by atoms with Crippen LogP contribution in [0.1, 0.15) is 12.5 Å². The summed E-state index contributed by atoms with van der Waals surface area (Å²) in [4.78, 5) is 15.7. The van der Waals surface area contributed by atoms with Gasteiger partial charge in [-0.05, 0) is 12.5 Å². The number of carbonyl (C=O) groups is 1. The molecule has 0 aliphatic carbocycles. The standard InChI is InChI=1S/C11H15NO3/c1-10(14)7-12(9-13)15-8-11-5-3-2-4-6-11/h2-6,9-10,14H,7-8H2,1H3. The third-order valence-electron chi connectivity index (χ3n) is 1.80. The lowest BCUT2D eigenvalue weighted by Gasteiger charge is -2.18. The molecule has 0 saturated heterocycles. The summed E-state index contributed by atoms with van der Waals surface area (Å²) in [7, 11) is 0. The normalized spacial score (nSPS) is 12.1. The molecule has 1 atom stereocenters. The van der Waals surface area contributed by atoms with Gasteiger partial charge in [0.05, 0.1) is 12.6 Å². The molecular formula is C11H15NO3. The van der Waals surface area contributed by atoms with Crippen molar-refractivity contribution in [2.24, 2.45) is 0 Å². The van der Waals surface area contributed by atoms with E-state index in [2.05, 4.69) is 0 Å². The first kappa shape index (κ1) is 11.7. The summed E-state index contributed by atoms with van der Waals surface area (Å²) in [5.41, 5.74) is 0.981. The monoisotopic (exact) mass is 209 g/mol. The predicted molar refractivity (Wildman–Crippen MR) is 55.7 cm³/mol. The first-order valence-electron chi connectivity index (χ1n) is 4.79. The Labute approximate surface area is 89.0 Å². The molecule has 0 radical (unpaired) electrons. The second-order valence-corrected chi connectivity index (χ2v) is 3.31. The van der Waals surface area contributed by atoms with Crippen molar-refractivity contribution in [2.45, 2.75) is 19.6 Å². The number of carbonyl (C=O) groups excluding carboxylic acids is 1. The van der Waals surface area contributed by atoms with Crippen molar-refractivity contribution in [1.82, 2.24) is 5.06 Å². The molecule has 0 aliphatic rings. The molecule has 1 unspecified atom stereocenters. The average molecular weight is 209 g/mol. The summed E-state index contributed by atoms with van der Waals surface area (Å²) in [6.07, 6.45) is -0.0266. The number of amides is 1. The number of benzene rings is 1. The summed E-state index contributed by atoms with van der Waals surface area (Å²) in [6, 6.07) is 9.53. The minimum atomic E-state index is -0.592. The van der Waals surface area contributed by atoms with Crippen LogP contribution in [0.15, 0.2) is 30.3 Å². The predicted octanol–water partition coefficient (Wildman–Crippen LogP) is 0.957. The van der Waals surface area contributed by atoms with Crippen LogP contribution < -0.4 is 0 Å². The van der Waals surface area contributed by atoms with Crippen LogP contribution in [0.3, 0.4) is 0 Å². The van der Waals surface area contributed by atoms with E-state index in [4.69, 9.17) is 9.94 Å². The van der Waals surface area contributed by atoms with Crippen molar-refractivity contribution in [2.75, 3.05) is 6.54 Å². The Bertz CT molecular complexity index is 287. The van der Waals surface area contributed by atoms with Gasteiger partial charge in [0.2, 0.25) is 6.41 Å². The zero-order valence-electron chi connectivity index (χ0n) is 8.67. The molecule has 0 spiro atoms. The lowest BCUT2D eigenvalue weighted by Crippen LogP contribution is -2.29. The van der Waals surface area contributed by atoms with E-state index in [9.17, 15) is 4.79 Å². The number of nitrogens with zero attached hydrogens (tertiary/aromatic N) is 1. The molecule has 4 nitrogen and oxygen atoms in total. The van der Waals surface area contributed by atoms with Gasteiger partial charge in [0.1, 0.15) is 6.61 Å². The molecule has 82 valence electrons. The minimum Gasteiger partial charge on any atom is -0.391 e. The summed E-state index contributed by atoms with van der Waals surface area (Å²) < 4.78 is 0. The molecule has 15 heavy (non-hydrogen) atoms. The lowest BCUT2D eigenvalue weighted by atomic mass is 10.2. The number of hydrogen-bond acceptors (Lipinski definition) is 3. The van der Waals surface area contributed by atoms with Crippen LogP contribution >= 0.6 is 0 Å². The van der Waals surface area contributed by atoms with E-state index in [0.717, 1.165) is 10.6 Å². The number of aliphatic hydroxyl groups is 1. The van der Waals surface area contributed by atoms with Crippen molar-refractivity contribution in [3.05, 3.63) is 35.9 Å². The summed E-state index contributed by atoms with van der Waals surface area (Å²) in [5.74, 6) is 0. The number of hydrogen-bond donors (Lipinski definition) is 1. The third kappa shape index (κ3) is 4.58. The van der Waals surface area contributed by atoms with Crippen molar-refractivity contribution < 1.29 is 14.7 Å². The van der Waals surface area contributed by atoms with Crippen LogP contribution in [0, 0.1) is 0 Å². The van der Waals surface area contributed by atoms with E-state index in [0.29, 0.717) is 13.0 Å². The van der Waals surface area contributed by atoms with Crippen molar-refractivity contribution in [3.8, 4) is 0 Å². The molecule has 1 aromatic carbocycles. The minimum absolute atomic E-state index is 0.177. The van der Waals surface area contributed by atoms with E-state index in [1.807, 2.05) is 30.3 Å². The highest BCUT2D eigenvalue weighted by Gasteiger charge is 2.05. The van der Waals surface area contributed by atoms with Crippen LogP contribution in [0.2, 0.25) is 0 Å². The molecule has 0 aromatic heterocycles. The Morgan fingerprint density at radius 3 is 2.67 bits per heavy atom. The Kier molecular flexibility index (Phi) is 4.80. The Morgan fingerprint density at radius 1 is 1.47 bits per heavy atom. The van der Waals surface area contributed by atoms with E-state index in [1.54, 1.807) is 6.92 Å². The van der Waals surface area contributed by atoms with Gasteiger partial charge in [-0.1, -0.05) is 30.3 Å². The average Bonchev–Trinajstić information content (AvgIpc) is 2.25. The first-order valence-corrected chi connectivity index (χ1v) is 4.79. The molecule has 0 bridgehead atoms.